The third kappa shape index (κ3) is 2.65. The van der Waals surface area contributed by atoms with E-state index in [0.29, 0.717) is 10.6 Å². The average Bonchev–Trinajstić information content (AvgIpc) is 2.91. The Labute approximate surface area is 127 Å². The zero-order chi connectivity index (χ0) is 14.8. The number of para-hydroxylation sites is 1. The van der Waals surface area contributed by atoms with Crippen LogP contribution in [0.25, 0.3) is 10.9 Å². The van der Waals surface area contributed by atoms with Gasteiger partial charge < -0.3 is 9.72 Å². The van der Waals surface area contributed by atoms with E-state index in [9.17, 15) is 4.79 Å². The van der Waals surface area contributed by atoms with E-state index in [1.165, 1.54) is 0 Å². The fourth-order valence-corrected chi connectivity index (χ4v) is 2.62. The SMILES string of the molecule is C[C@H](OC(=O)c1c[nH]c2ccccc12)c1ccccc1Cl. The van der Waals surface area contributed by atoms with Crippen LogP contribution in [0, 0.1) is 0 Å². The molecule has 1 N–H and O–H groups in total. The molecule has 0 bridgehead atoms. The largest absolute Gasteiger partial charge is 0.454 e. The number of fused-ring (bicyclic) bond motifs is 1. The highest BCUT2D eigenvalue weighted by Gasteiger charge is 2.18. The fourth-order valence-electron chi connectivity index (χ4n) is 2.33. The standard InChI is InChI=1S/C17H14ClNO2/c1-11(12-6-2-4-8-15(12)18)21-17(20)14-10-19-16-9-5-3-7-13(14)16/h2-11,19H,1H3/t11-/m0/s1. The molecular formula is C17H14ClNO2. The second-order valence-corrected chi connectivity index (χ2v) is 5.22. The molecule has 4 heteroatoms. The first-order valence-corrected chi connectivity index (χ1v) is 7.06. The van der Waals surface area contributed by atoms with Crippen LogP contribution in [0.15, 0.2) is 54.7 Å². The predicted molar refractivity (Wildman–Crippen MR) is 83.6 cm³/mol. The molecule has 3 rings (SSSR count). The predicted octanol–water partition coefficient (Wildman–Crippen LogP) is 4.74. The summed E-state index contributed by atoms with van der Waals surface area (Å²) >= 11 is 6.13. The van der Waals surface area contributed by atoms with Crippen LogP contribution < -0.4 is 0 Å². The summed E-state index contributed by atoms with van der Waals surface area (Å²) in [7, 11) is 0. The van der Waals surface area contributed by atoms with Crippen LogP contribution in [0.1, 0.15) is 28.9 Å². The Morgan fingerprint density at radius 1 is 1.14 bits per heavy atom. The highest BCUT2D eigenvalue weighted by Crippen LogP contribution is 2.27. The molecule has 0 amide bonds. The highest BCUT2D eigenvalue weighted by atomic mass is 35.5. The van der Waals surface area contributed by atoms with Crippen molar-refractivity contribution in [2.24, 2.45) is 0 Å². The number of rotatable bonds is 3. The zero-order valence-corrected chi connectivity index (χ0v) is 12.2. The van der Waals surface area contributed by atoms with Crippen molar-refractivity contribution in [3.8, 4) is 0 Å². The quantitative estimate of drug-likeness (QED) is 0.710. The van der Waals surface area contributed by atoms with Crippen LogP contribution in [0.3, 0.4) is 0 Å². The Balaban J connectivity index is 1.85. The van der Waals surface area contributed by atoms with Gasteiger partial charge in [-0.3, -0.25) is 0 Å². The molecule has 21 heavy (non-hydrogen) atoms. The summed E-state index contributed by atoms with van der Waals surface area (Å²) in [5.41, 5.74) is 2.24. The number of aromatic amines is 1. The fraction of sp³-hybridized carbons (Fsp3) is 0.118. The third-order valence-electron chi connectivity index (χ3n) is 3.44. The molecule has 0 aliphatic heterocycles. The van der Waals surface area contributed by atoms with Crippen molar-refractivity contribution in [3.63, 3.8) is 0 Å². The van der Waals surface area contributed by atoms with E-state index in [1.807, 2.05) is 49.4 Å². The molecule has 0 saturated heterocycles. The first kappa shape index (κ1) is 13.7. The number of ether oxygens (including phenoxy) is 1. The summed E-state index contributed by atoms with van der Waals surface area (Å²) in [4.78, 5) is 15.4. The van der Waals surface area contributed by atoms with Gasteiger partial charge in [0.05, 0.1) is 5.56 Å². The molecule has 1 aromatic heterocycles. The molecule has 0 aliphatic rings. The topological polar surface area (TPSA) is 42.1 Å². The summed E-state index contributed by atoms with van der Waals surface area (Å²) in [6.45, 7) is 1.81. The van der Waals surface area contributed by atoms with Crippen molar-refractivity contribution in [2.75, 3.05) is 0 Å². The monoisotopic (exact) mass is 299 g/mol. The van der Waals surface area contributed by atoms with Crippen molar-refractivity contribution in [3.05, 3.63) is 70.9 Å². The molecule has 1 atom stereocenters. The lowest BCUT2D eigenvalue weighted by Gasteiger charge is -2.14. The maximum absolute atomic E-state index is 12.3. The number of hydrogen-bond donors (Lipinski definition) is 1. The van der Waals surface area contributed by atoms with Crippen molar-refractivity contribution in [1.82, 2.24) is 4.98 Å². The zero-order valence-electron chi connectivity index (χ0n) is 11.5. The van der Waals surface area contributed by atoms with Gasteiger partial charge in [-0.05, 0) is 19.1 Å². The first-order valence-electron chi connectivity index (χ1n) is 6.68. The molecule has 0 unspecified atom stereocenters. The summed E-state index contributed by atoms with van der Waals surface area (Å²) < 4.78 is 5.53. The van der Waals surface area contributed by atoms with Crippen LogP contribution in [-0.4, -0.2) is 11.0 Å². The lowest BCUT2D eigenvalue weighted by atomic mass is 10.1. The normalized spacial score (nSPS) is 12.3. The van der Waals surface area contributed by atoms with Crippen LogP contribution in [0.4, 0.5) is 0 Å². The molecule has 0 radical (unpaired) electrons. The Hall–Kier alpha value is -2.26. The maximum Gasteiger partial charge on any atom is 0.340 e. The van der Waals surface area contributed by atoms with Crippen molar-refractivity contribution in [2.45, 2.75) is 13.0 Å². The second-order valence-electron chi connectivity index (χ2n) is 4.82. The molecule has 1 heterocycles. The minimum atomic E-state index is -0.403. The van der Waals surface area contributed by atoms with Crippen LogP contribution >= 0.6 is 11.6 Å². The van der Waals surface area contributed by atoms with Crippen LogP contribution in [0.2, 0.25) is 5.02 Å². The number of esters is 1. The van der Waals surface area contributed by atoms with E-state index in [4.69, 9.17) is 16.3 Å². The molecule has 2 aromatic carbocycles. The first-order chi connectivity index (χ1) is 10.2. The minimum Gasteiger partial charge on any atom is -0.454 e. The van der Waals surface area contributed by atoms with E-state index >= 15 is 0 Å². The molecule has 0 aliphatic carbocycles. The van der Waals surface area contributed by atoms with Gasteiger partial charge in [-0.1, -0.05) is 48.0 Å². The van der Waals surface area contributed by atoms with E-state index in [1.54, 1.807) is 12.3 Å². The lowest BCUT2D eigenvalue weighted by Crippen LogP contribution is -2.09. The van der Waals surface area contributed by atoms with Crippen molar-refractivity contribution in [1.29, 1.82) is 0 Å². The van der Waals surface area contributed by atoms with E-state index in [2.05, 4.69) is 4.98 Å². The number of benzene rings is 2. The number of carbonyl (C=O) groups is 1. The van der Waals surface area contributed by atoms with Gasteiger partial charge in [0, 0.05) is 27.7 Å². The minimum absolute atomic E-state index is 0.361. The molecule has 106 valence electrons. The Morgan fingerprint density at radius 2 is 1.86 bits per heavy atom. The number of hydrogen-bond acceptors (Lipinski definition) is 2. The van der Waals surface area contributed by atoms with Gasteiger partial charge in [0.25, 0.3) is 0 Å². The molecular weight excluding hydrogens is 286 g/mol. The number of nitrogens with one attached hydrogen (secondary N) is 1. The average molecular weight is 300 g/mol. The number of aromatic nitrogens is 1. The van der Waals surface area contributed by atoms with Gasteiger partial charge in [0.2, 0.25) is 0 Å². The third-order valence-corrected chi connectivity index (χ3v) is 3.78. The van der Waals surface area contributed by atoms with E-state index in [0.717, 1.165) is 16.5 Å². The van der Waals surface area contributed by atoms with Gasteiger partial charge in [-0.15, -0.1) is 0 Å². The molecule has 3 nitrogen and oxygen atoms in total. The number of carbonyl (C=O) groups excluding carboxylic acids is 1. The molecule has 0 spiro atoms. The Bertz CT molecular complexity index is 794. The summed E-state index contributed by atoms with van der Waals surface area (Å²) in [6.07, 6.45) is 1.27. The number of halogens is 1. The number of H-pyrrole nitrogens is 1. The van der Waals surface area contributed by atoms with Crippen molar-refractivity contribution < 1.29 is 9.53 Å². The van der Waals surface area contributed by atoms with Gasteiger partial charge >= 0.3 is 5.97 Å². The van der Waals surface area contributed by atoms with E-state index < -0.39 is 6.10 Å². The molecule has 0 fully saturated rings. The van der Waals surface area contributed by atoms with Gasteiger partial charge in [0.15, 0.2) is 0 Å². The van der Waals surface area contributed by atoms with Gasteiger partial charge in [-0.25, -0.2) is 4.79 Å². The maximum atomic E-state index is 12.3. The van der Waals surface area contributed by atoms with Crippen molar-refractivity contribution >= 4 is 28.5 Å². The smallest absolute Gasteiger partial charge is 0.340 e. The van der Waals surface area contributed by atoms with Crippen LogP contribution in [-0.2, 0) is 4.74 Å². The Morgan fingerprint density at radius 3 is 2.67 bits per heavy atom. The van der Waals surface area contributed by atoms with Gasteiger partial charge in [0.1, 0.15) is 6.10 Å². The van der Waals surface area contributed by atoms with E-state index in [-0.39, 0.29) is 5.97 Å². The molecule has 3 aromatic rings. The summed E-state index contributed by atoms with van der Waals surface area (Å²) in [5, 5.41) is 1.45. The van der Waals surface area contributed by atoms with Gasteiger partial charge in [-0.2, -0.15) is 0 Å². The highest BCUT2D eigenvalue weighted by molar-refractivity contribution is 6.31. The molecule has 0 saturated carbocycles. The summed E-state index contributed by atoms with van der Waals surface area (Å²) in [5.74, 6) is -0.361. The second kappa shape index (κ2) is 5.62. The summed E-state index contributed by atoms with van der Waals surface area (Å²) in [6, 6.07) is 15.0. The Kier molecular flexibility index (Phi) is 3.67. The lowest BCUT2D eigenvalue weighted by molar-refractivity contribution is 0.0340. The van der Waals surface area contributed by atoms with Crippen LogP contribution in [0.5, 0.6) is 0 Å².